The summed E-state index contributed by atoms with van der Waals surface area (Å²) in [4.78, 5) is 0. The summed E-state index contributed by atoms with van der Waals surface area (Å²) in [7, 11) is 0. The van der Waals surface area contributed by atoms with Gasteiger partial charge in [0.25, 0.3) is 0 Å². The standard InChI is InChI=1S/C35H21BN2O2/c1-2-12-22(13-3-1)31-34-25-16-6-4-14-23(25)32-27-18-8-10-20-29(27)39-36(37(32)34)38-33(28-19-9-11-21-30(28)40-36)24-15-5-7-17-26(24)35(31)38/h1-21H. The van der Waals surface area contributed by atoms with Gasteiger partial charge in [-0.25, -0.2) is 0 Å². The Morgan fingerprint density at radius 1 is 0.500 bits per heavy atom. The van der Waals surface area contributed by atoms with Crippen molar-refractivity contribution in [3.05, 3.63) is 155 Å². The van der Waals surface area contributed by atoms with Crippen molar-refractivity contribution < 1.29 is 13.8 Å². The molecule has 5 heteroatoms. The van der Waals surface area contributed by atoms with Gasteiger partial charge in [0.1, 0.15) is 0 Å². The first-order valence-electron chi connectivity index (χ1n) is 13.8. The molecule has 5 aromatic carbocycles. The highest BCUT2D eigenvalue weighted by atomic mass is 16.6. The number of aromatic nitrogens is 1. The van der Waals surface area contributed by atoms with Crippen LogP contribution in [-0.2, 0) is 0 Å². The summed E-state index contributed by atoms with van der Waals surface area (Å²) in [5.74, 6) is 1.67. The zero-order valence-corrected chi connectivity index (χ0v) is 21.4. The molecule has 4 aliphatic heterocycles. The maximum Gasteiger partial charge on any atom is 0.780 e. The van der Waals surface area contributed by atoms with Gasteiger partial charge in [-0.05, 0) is 42.0 Å². The fourth-order valence-corrected chi connectivity index (χ4v) is 7.45. The van der Waals surface area contributed by atoms with Gasteiger partial charge < -0.3 is 18.3 Å². The zero-order chi connectivity index (χ0) is 26.0. The normalized spacial score (nSPS) is 18.8. The van der Waals surface area contributed by atoms with Crippen molar-refractivity contribution in [3.63, 3.8) is 0 Å². The van der Waals surface area contributed by atoms with E-state index in [9.17, 15) is 0 Å². The van der Waals surface area contributed by atoms with E-state index in [1.54, 1.807) is 0 Å². The molecule has 4 nitrogen and oxygen atoms in total. The monoisotopic (exact) mass is 512 g/mol. The van der Waals surface area contributed by atoms with Gasteiger partial charge in [0.2, 0.25) is 0 Å². The van der Waals surface area contributed by atoms with Crippen LogP contribution in [0.1, 0.15) is 27.9 Å². The van der Waals surface area contributed by atoms with Crippen molar-refractivity contribution in [2.75, 3.05) is 0 Å². The molecule has 1 aromatic heterocycles. The molecule has 0 N–H and O–H groups in total. The number of rotatable bonds is 1. The van der Waals surface area contributed by atoms with Crippen molar-refractivity contribution >= 4 is 34.6 Å². The van der Waals surface area contributed by atoms with Crippen LogP contribution in [0.5, 0.6) is 11.5 Å². The smallest absolute Gasteiger partial charge is 0.601 e. The molecule has 186 valence electrons. The van der Waals surface area contributed by atoms with E-state index < -0.39 is 6.82 Å². The van der Waals surface area contributed by atoms with Gasteiger partial charge in [-0.1, -0.05) is 91.0 Å². The van der Waals surface area contributed by atoms with Gasteiger partial charge in [0.05, 0.1) is 33.8 Å². The number of hydrogen-bond acceptors (Lipinski definition) is 2. The summed E-state index contributed by atoms with van der Waals surface area (Å²) in [6.45, 7) is -2.24. The molecule has 6 aromatic rings. The highest BCUT2D eigenvalue weighted by molar-refractivity contribution is 6.65. The van der Waals surface area contributed by atoms with Crippen LogP contribution in [0.15, 0.2) is 127 Å². The number of benzene rings is 5. The predicted molar refractivity (Wildman–Crippen MR) is 158 cm³/mol. The summed E-state index contributed by atoms with van der Waals surface area (Å²) in [5.41, 5.74) is 11.4. The summed E-state index contributed by atoms with van der Waals surface area (Å²) in [6, 6.07) is 44.9. The van der Waals surface area contributed by atoms with Crippen LogP contribution in [0.4, 0.5) is 0 Å². The van der Waals surface area contributed by atoms with Crippen LogP contribution in [0.3, 0.4) is 0 Å². The second-order valence-corrected chi connectivity index (χ2v) is 10.8. The third-order valence-corrected chi connectivity index (χ3v) is 8.87. The van der Waals surface area contributed by atoms with E-state index in [1.165, 1.54) is 33.0 Å². The second-order valence-electron chi connectivity index (χ2n) is 10.8. The third kappa shape index (κ3) is 2.26. The quantitative estimate of drug-likeness (QED) is 0.219. The van der Waals surface area contributed by atoms with E-state index in [4.69, 9.17) is 9.31 Å². The molecular weight excluding hydrogens is 491 g/mol. The topological polar surface area (TPSA) is 26.4 Å². The van der Waals surface area contributed by atoms with Crippen LogP contribution < -0.4 is 9.31 Å². The molecule has 0 bridgehead atoms. The Balaban J connectivity index is 1.51. The van der Waals surface area contributed by atoms with Gasteiger partial charge >= 0.3 is 6.82 Å². The molecule has 40 heavy (non-hydrogen) atoms. The maximum absolute atomic E-state index is 7.19. The largest absolute Gasteiger partial charge is 0.780 e. The fraction of sp³-hybridized carbons (Fsp3) is 0. The third-order valence-electron chi connectivity index (χ3n) is 8.87. The van der Waals surface area contributed by atoms with Crippen molar-refractivity contribution in [3.8, 4) is 22.8 Å². The summed E-state index contributed by atoms with van der Waals surface area (Å²) >= 11 is 0. The van der Waals surface area contributed by atoms with Crippen molar-refractivity contribution in [2.24, 2.45) is 0 Å². The lowest BCUT2D eigenvalue weighted by atomic mass is 9.75. The first-order valence-corrected chi connectivity index (χ1v) is 13.8. The fourth-order valence-electron chi connectivity index (χ4n) is 7.45. The average molecular weight is 512 g/mol. The van der Waals surface area contributed by atoms with Gasteiger partial charge in [0, 0.05) is 27.7 Å². The van der Waals surface area contributed by atoms with Crippen LogP contribution in [0, 0.1) is 0 Å². The van der Waals surface area contributed by atoms with Crippen LogP contribution in [0.2, 0.25) is 0 Å². The van der Waals surface area contributed by atoms with Crippen LogP contribution in [0.25, 0.3) is 33.3 Å². The Morgan fingerprint density at radius 2 is 1.05 bits per heavy atom. The van der Waals surface area contributed by atoms with E-state index in [0.29, 0.717) is 0 Å². The molecule has 1 unspecified atom stereocenters. The van der Waals surface area contributed by atoms with E-state index in [2.05, 4.69) is 124 Å². The Labute approximate surface area is 230 Å². The van der Waals surface area contributed by atoms with Gasteiger partial charge in [0.15, 0.2) is 11.4 Å². The highest BCUT2D eigenvalue weighted by Gasteiger charge is 2.65. The zero-order valence-electron chi connectivity index (χ0n) is 21.4. The van der Waals surface area contributed by atoms with Crippen molar-refractivity contribution in [1.29, 1.82) is 0 Å². The summed E-state index contributed by atoms with van der Waals surface area (Å²) in [5, 5.41) is 2.39. The maximum atomic E-state index is 7.19. The molecule has 5 heterocycles. The summed E-state index contributed by atoms with van der Waals surface area (Å²) < 4.78 is 19.1. The molecule has 0 aliphatic carbocycles. The Morgan fingerprint density at radius 3 is 1.80 bits per heavy atom. The molecule has 4 aliphatic rings. The van der Waals surface area contributed by atoms with E-state index in [0.717, 1.165) is 45.4 Å². The molecule has 0 saturated heterocycles. The van der Waals surface area contributed by atoms with E-state index in [-0.39, 0.29) is 0 Å². The minimum atomic E-state index is -2.24. The SMILES string of the molecule is c1ccc(C2=C3c4ccccc4C4=[N+]3[B-]3(Oc5ccccc54)Oc4ccccc4-c4c5ccccc5c2n43)cc1. The van der Waals surface area contributed by atoms with Gasteiger partial charge in [-0.2, -0.15) is 0 Å². The first-order chi connectivity index (χ1) is 19.9. The number of fused-ring (bicyclic) bond motifs is 10. The number of nitrogens with zero attached hydrogens (tertiary/aromatic N) is 2. The Hall–Kier alpha value is -5.29. The van der Waals surface area contributed by atoms with E-state index in [1.807, 2.05) is 12.1 Å². The van der Waals surface area contributed by atoms with E-state index >= 15 is 0 Å². The molecule has 1 atom stereocenters. The first kappa shape index (κ1) is 20.6. The second kappa shape index (κ2) is 7.02. The predicted octanol–water partition coefficient (Wildman–Crippen LogP) is 7.17. The molecule has 0 amide bonds. The average Bonchev–Trinajstić information content (AvgIpc) is 3.55. The van der Waals surface area contributed by atoms with Crippen molar-refractivity contribution in [1.82, 2.24) is 4.48 Å². The van der Waals surface area contributed by atoms with Crippen molar-refractivity contribution in [2.45, 2.75) is 0 Å². The molecule has 0 fully saturated rings. The Kier molecular flexibility index (Phi) is 3.62. The van der Waals surface area contributed by atoms with Crippen LogP contribution in [-0.4, -0.2) is 21.5 Å². The minimum Gasteiger partial charge on any atom is -0.601 e. The van der Waals surface area contributed by atoms with Gasteiger partial charge in [-0.3, -0.25) is 0 Å². The van der Waals surface area contributed by atoms with Gasteiger partial charge in [-0.15, -0.1) is 0 Å². The molecule has 0 radical (unpaired) electrons. The lowest BCUT2D eigenvalue weighted by Gasteiger charge is -2.47. The lowest BCUT2D eigenvalue weighted by Crippen LogP contribution is -2.69. The summed E-state index contributed by atoms with van der Waals surface area (Å²) in [6.07, 6.45) is 0. The molecule has 1 spiro atoms. The molecular formula is C35H21BN2O2. The lowest BCUT2D eigenvalue weighted by molar-refractivity contribution is -0.330. The highest BCUT2D eigenvalue weighted by Crippen LogP contribution is 2.55. The molecule has 0 saturated carbocycles. The van der Waals surface area contributed by atoms with Crippen LogP contribution >= 0.6 is 0 Å². The number of hydrogen-bond donors (Lipinski definition) is 0. The molecule has 10 rings (SSSR count). The Bertz CT molecular complexity index is 2180. The minimum absolute atomic E-state index is 0.835. The number of para-hydroxylation sites is 2.